The number of nitrogens with one attached hydrogen (secondary N) is 1. The number of aromatic nitrogens is 3. The van der Waals surface area contributed by atoms with E-state index in [2.05, 4.69) is 32.4 Å². The molecular weight excluding hydrogens is 284 g/mol. The molecule has 2 rings (SSSR count). The Morgan fingerprint density at radius 3 is 2.82 bits per heavy atom. The van der Waals surface area contributed by atoms with Crippen molar-refractivity contribution >= 4 is 21.6 Å². The number of rotatable bonds is 3. The summed E-state index contributed by atoms with van der Waals surface area (Å²) in [7, 11) is 0. The third kappa shape index (κ3) is 2.40. The summed E-state index contributed by atoms with van der Waals surface area (Å²) in [6, 6.07) is 3.74. The van der Waals surface area contributed by atoms with Gasteiger partial charge in [0.25, 0.3) is 5.56 Å². The molecule has 0 saturated carbocycles. The van der Waals surface area contributed by atoms with Gasteiger partial charge in [-0.15, -0.1) is 6.42 Å². The molecule has 2 aromatic heterocycles. The Morgan fingerprint density at radius 2 is 2.18 bits per heavy atom. The SMILES string of the molecule is C#CCn1ncc(Nn2cccc2)c(Br)c1=O. The first-order valence-electron chi connectivity index (χ1n) is 4.81. The highest BCUT2D eigenvalue weighted by molar-refractivity contribution is 9.10. The fourth-order valence-corrected chi connectivity index (χ4v) is 1.69. The third-order valence-corrected chi connectivity index (χ3v) is 2.85. The molecule has 2 aromatic rings. The Morgan fingerprint density at radius 1 is 1.47 bits per heavy atom. The monoisotopic (exact) mass is 292 g/mol. The van der Waals surface area contributed by atoms with Crippen LogP contribution in [0.1, 0.15) is 0 Å². The predicted octanol–water partition coefficient (Wildman–Crippen LogP) is 1.32. The molecular formula is C11H9BrN4O. The lowest BCUT2D eigenvalue weighted by atomic mass is 10.5. The minimum absolute atomic E-state index is 0.154. The summed E-state index contributed by atoms with van der Waals surface area (Å²) in [5, 5.41) is 3.97. The van der Waals surface area contributed by atoms with Crippen LogP contribution >= 0.6 is 15.9 Å². The highest BCUT2D eigenvalue weighted by Crippen LogP contribution is 2.16. The lowest BCUT2D eigenvalue weighted by Crippen LogP contribution is -2.24. The summed E-state index contributed by atoms with van der Waals surface area (Å²) in [5.41, 5.74) is 3.32. The van der Waals surface area contributed by atoms with Crippen LogP contribution in [-0.2, 0) is 6.54 Å². The molecule has 5 nitrogen and oxygen atoms in total. The van der Waals surface area contributed by atoms with Crippen LogP contribution in [0, 0.1) is 12.3 Å². The van der Waals surface area contributed by atoms with E-state index in [0.29, 0.717) is 10.2 Å². The van der Waals surface area contributed by atoms with E-state index in [0.717, 1.165) is 0 Å². The lowest BCUT2D eigenvalue weighted by Gasteiger charge is -2.09. The van der Waals surface area contributed by atoms with Crippen LogP contribution in [0.2, 0.25) is 0 Å². The normalized spacial score (nSPS) is 9.88. The van der Waals surface area contributed by atoms with Crippen molar-refractivity contribution < 1.29 is 0 Å². The van der Waals surface area contributed by atoms with Crippen LogP contribution in [0.3, 0.4) is 0 Å². The van der Waals surface area contributed by atoms with Crippen molar-refractivity contribution in [1.82, 2.24) is 14.5 Å². The number of hydrogen-bond donors (Lipinski definition) is 1. The maximum atomic E-state index is 11.8. The van der Waals surface area contributed by atoms with Crippen LogP contribution in [-0.4, -0.2) is 14.5 Å². The van der Waals surface area contributed by atoms with Gasteiger partial charge in [0.1, 0.15) is 11.0 Å². The Hall–Kier alpha value is -2.00. The topological polar surface area (TPSA) is 51.9 Å². The first kappa shape index (κ1) is 11.5. The zero-order valence-electron chi connectivity index (χ0n) is 8.80. The molecule has 2 heterocycles. The molecule has 0 aliphatic rings. The van der Waals surface area contributed by atoms with Crippen molar-refractivity contribution in [1.29, 1.82) is 0 Å². The molecule has 0 aromatic carbocycles. The van der Waals surface area contributed by atoms with Crippen molar-refractivity contribution in [2.24, 2.45) is 0 Å². The quantitative estimate of drug-likeness (QED) is 0.868. The average molecular weight is 293 g/mol. The summed E-state index contributed by atoms with van der Waals surface area (Å²) < 4.78 is 3.33. The molecule has 0 saturated heterocycles. The molecule has 1 N–H and O–H groups in total. The first-order valence-corrected chi connectivity index (χ1v) is 5.61. The van der Waals surface area contributed by atoms with Gasteiger partial charge in [0.2, 0.25) is 0 Å². The predicted molar refractivity (Wildman–Crippen MR) is 68.5 cm³/mol. The van der Waals surface area contributed by atoms with Crippen molar-refractivity contribution in [3.8, 4) is 12.3 Å². The van der Waals surface area contributed by atoms with Crippen LogP contribution in [0.25, 0.3) is 0 Å². The second kappa shape index (κ2) is 4.89. The maximum Gasteiger partial charge on any atom is 0.284 e. The van der Waals surface area contributed by atoms with Gasteiger partial charge in [-0.3, -0.25) is 14.9 Å². The van der Waals surface area contributed by atoms with E-state index in [-0.39, 0.29) is 12.1 Å². The van der Waals surface area contributed by atoms with Crippen molar-refractivity contribution in [3.05, 3.63) is 45.5 Å². The molecule has 0 unspecified atom stereocenters. The Labute approximate surface area is 106 Å². The second-order valence-electron chi connectivity index (χ2n) is 3.24. The fourth-order valence-electron chi connectivity index (χ4n) is 1.29. The minimum Gasteiger partial charge on any atom is -0.292 e. The molecule has 6 heteroatoms. The van der Waals surface area contributed by atoms with E-state index in [1.807, 2.05) is 24.5 Å². The number of hydrogen-bond acceptors (Lipinski definition) is 3. The molecule has 0 aliphatic heterocycles. The molecule has 0 fully saturated rings. The summed E-state index contributed by atoms with van der Waals surface area (Å²) in [6.45, 7) is 0.154. The van der Waals surface area contributed by atoms with Crippen molar-refractivity contribution in [2.45, 2.75) is 6.54 Å². The lowest BCUT2D eigenvalue weighted by molar-refractivity contribution is 0.658. The van der Waals surface area contributed by atoms with Crippen molar-refractivity contribution in [3.63, 3.8) is 0 Å². The van der Waals surface area contributed by atoms with E-state index < -0.39 is 0 Å². The molecule has 0 bridgehead atoms. The van der Waals surface area contributed by atoms with Crippen LogP contribution < -0.4 is 11.0 Å². The van der Waals surface area contributed by atoms with E-state index in [1.54, 1.807) is 10.9 Å². The van der Waals surface area contributed by atoms with Crippen LogP contribution in [0.15, 0.2) is 40.0 Å². The largest absolute Gasteiger partial charge is 0.292 e. The number of halogens is 1. The molecule has 0 atom stereocenters. The van der Waals surface area contributed by atoms with Gasteiger partial charge in [0.15, 0.2) is 0 Å². The van der Waals surface area contributed by atoms with Gasteiger partial charge >= 0.3 is 0 Å². The van der Waals surface area contributed by atoms with E-state index in [9.17, 15) is 4.79 Å². The second-order valence-corrected chi connectivity index (χ2v) is 4.03. The van der Waals surface area contributed by atoms with Crippen LogP contribution in [0.4, 0.5) is 5.69 Å². The van der Waals surface area contributed by atoms with Crippen LogP contribution in [0.5, 0.6) is 0 Å². The summed E-state index contributed by atoms with van der Waals surface area (Å²) in [4.78, 5) is 11.8. The van der Waals surface area contributed by atoms with E-state index in [4.69, 9.17) is 6.42 Å². The van der Waals surface area contributed by atoms with Gasteiger partial charge in [-0.2, -0.15) is 5.10 Å². The maximum absolute atomic E-state index is 11.8. The van der Waals surface area contributed by atoms with Gasteiger partial charge in [-0.25, -0.2) is 4.68 Å². The molecule has 0 aliphatic carbocycles. The first-order chi connectivity index (χ1) is 8.22. The van der Waals surface area contributed by atoms with Gasteiger partial charge in [-0.05, 0) is 28.1 Å². The van der Waals surface area contributed by atoms with E-state index in [1.165, 1.54) is 4.68 Å². The van der Waals surface area contributed by atoms with Gasteiger partial charge in [0.05, 0.1) is 11.9 Å². The van der Waals surface area contributed by atoms with Gasteiger partial charge in [-0.1, -0.05) is 5.92 Å². The Kier molecular flexibility index (Phi) is 3.30. The zero-order chi connectivity index (χ0) is 12.3. The third-order valence-electron chi connectivity index (χ3n) is 2.08. The van der Waals surface area contributed by atoms with Gasteiger partial charge in [0, 0.05) is 12.4 Å². The minimum atomic E-state index is -0.264. The Balaban J connectivity index is 2.35. The summed E-state index contributed by atoms with van der Waals surface area (Å²) in [6.07, 6.45) is 10.3. The highest BCUT2D eigenvalue weighted by Gasteiger charge is 2.07. The number of terminal acetylenes is 1. The average Bonchev–Trinajstić information content (AvgIpc) is 2.82. The molecule has 0 spiro atoms. The van der Waals surface area contributed by atoms with Crippen molar-refractivity contribution in [2.75, 3.05) is 5.43 Å². The smallest absolute Gasteiger partial charge is 0.284 e. The summed E-state index contributed by atoms with van der Waals surface area (Å²) >= 11 is 3.23. The molecule has 86 valence electrons. The molecule has 17 heavy (non-hydrogen) atoms. The number of nitrogens with zero attached hydrogens (tertiary/aromatic N) is 3. The molecule has 0 amide bonds. The standard InChI is InChI=1S/C11H9BrN4O/c1-2-5-16-11(17)10(12)9(8-13-16)14-15-6-3-4-7-15/h1,3-4,6-8,14H,5H2. The highest BCUT2D eigenvalue weighted by atomic mass is 79.9. The molecule has 0 radical (unpaired) electrons. The Bertz CT molecular complexity index is 609. The number of anilines is 1. The van der Waals surface area contributed by atoms with E-state index >= 15 is 0 Å². The summed E-state index contributed by atoms with van der Waals surface area (Å²) in [5.74, 6) is 2.37. The van der Waals surface area contributed by atoms with Gasteiger partial charge < -0.3 is 0 Å². The fraction of sp³-hybridized carbons (Fsp3) is 0.0909. The zero-order valence-corrected chi connectivity index (χ0v) is 10.4.